The molecule has 2 atom stereocenters. The summed E-state index contributed by atoms with van der Waals surface area (Å²) < 4.78 is 0. The molecule has 0 amide bonds. The molecule has 1 fully saturated rings. The van der Waals surface area contributed by atoms with Gasteiger partial charge in [0.05, 0.1) is 0 Å². The van der Waals surface area contributed by atoms with Gasteiger partial charge in [0, 0.05) is 24.8 Å². The van der Waals surface area contributed by atoms with E-state index in [-0.39, 0.29) is 0 Å². The summed E-state index contributed by atoms with van der Waals surface area (Å²) in [5, 5.41) is 3.56. The molecule has 2 rings (SSSR count). The lowest BCUT2D eigenvalue weighted by atomic mass is 9.92. The van der Waals surface area contributed by atoms with E-state index < -0.39 is 0 Å². The van der Waals surface area contributed by atoms with Crippen LogP contribution in [-0.2, 0) is 6.54 Å². The molecule has 1 aliphatic heterocycles. The first-order valence-electron chi connectivity index (χ1n) is 8.18. The number of aryl methyl sites for hydroxylation is 1. The van der Waals surface area contributed by atoms with Crippen LogP contribution in [0.4, 0.5) is 5.69 Å². The fraction of sp³-hybridized carbons (Fsp3) is 0.667. The Morgan fingerprint density at radius 1 is 1.30 bits per heavy atom. The van der Waals surface area contributed by atoms with Gasteiger partial charge >= 0.3 is 0 Å². The summed E-state index contributed by atoms with van der Waals surface area (Å²) in [6, 6.07) is 7.59. The number of hydrogen-bond donors (Lipinski definition) is 1. The van der Waals surface area contributed by atoms with E-state index in [4.69, 9.17) is 0 Å². The molecule has 0 aromatic heterocycles. The number of nitrogens with zero attached hydrogens (tertiary/aromatic N) is 1. The Bertz CT molecular complexity index is 427. The summed E-state index contributed by atoms with van der Waals surface area (Å²) in [6.07, 6.45) is 3.83. The first kappa shape index (κ1) is 15.4. The molecule has 1 heterocycles. The van der Waals surface area contributed by atoms with Gasteiger partial charge in [0.2, 0.25) is 0 Å². The fourth-order valence-electron chi connectivity index (χ4n) is 3.30. The van der Waals surface area contributed by atoms with E-state index in [9.17, 15) is 0 Å². The molecule has 1 aromatic rings. The Labute approximate surface area is 124 Å². The second-order valence-corrected chi connectivity index (χ2v) is 6.48. The van der Waals surface area contributed by atoms with E-state index >= 15 is 0 Å². The van der Waals surface area contributed by atoms with E-state index in [1.54, 1.807) is 0 Å². The van der Waals surface area contributed by atoms with Crippen LogP contribution in [0, 0.1) is 12.8 Å². The molecular weight excluding hydrogens is 244 g/mol. The minimum atomic E-state index is 0.659. The van der Waals surface area contributed by atoms with Crippen LogP contribution in [0.1, 0.15) is 51.2 Å². The van der Waals surface area contributed by atoms with Crippen molar-refractivity contribution in [3.63, 3.8) is 0 Å². The van der Waals surface area contributed by atoms with Crippen molar-refractivity contribution in [1.82, 2.24) is 5.32 Å². The fourth-order valence-corrected chi connectivity index (χ4v) is 3.30. The average molecular weight is 274 g/mol. The zero-order chi connectivity index (χ0) is 14.5. The van der Waals surface area contributed by atoms with Gasteiger partial charge in [0.15, 0.2) is 0 Å². The number of rotatable bonds is 5. The first-order valence-corrected chi connectivity index (χ1v) is 8.18. The van der Waals surface area contributed by atoms with Gasteiger partial charge in [-0.1, -0.05) is 31.5 Å². The van der Waals surface area contributed by atoms with E-state index in [0.29, 0.717) is 6.04 Å². The van der Waals surface area contributed by atoms with Crippen molar-refractivity contribution in [1.29, 1.82) is 0 Å². The van der Waals surface area contributed by atoms with Gasteiger partial charge in [0.25, 0.3) is 0 Å². The molecule has 112 valence electrons. The lowest BCUT2D eigenvalue weighted by molar-refractivity contribution is 0.377. The van der Waals surface area contributed by atoms with Crippen LogP contribution in [-0.4, -0.2) is 19.1 Å². The Morgan fingerprint density at radius 2 is 2.10 bits per heavy atom. The van der Waals surface area contributed by atoms with Gasteiger partial charge in [-0.05, 0) is 57.2 Å². The summed E-state index contributed by atoms with van der Waals surface area (Å²) >= 11 is 0. The molecule has 0 aliphatic carbocycles. The van der Waals surface area contributed by atoms with Crippen LogP contribution in [0.25, 0.3) is 0 Å². The van der Waals surface area contributed by atoms with Gasteiger partial charge in [-0.25, -0.2) is 0 Å². The van der Waals surface area contributed by atoms with Crippen molar-refractivity contribution >= 4 is 5.69 Å². The molecule has 1 aliphatic rings. The van der Waals surface area contributed by atoms with Gasteiger partial charge in [-0.15, -0.1) is 0 Å². The number of hydrogen-bond acceptors (Lipinski definition) is 2. The van der Waals surface area contributed by atoms with Crippen molar-refractivity contribution in [2.24, 2.45) is 5.92 Å². The number of anilines is 1. The summed E-state index contributed by atoms with van der Waals surface area (Å²) in [4.78, 5) is 2.61. The third-order valence-corrected chi connectivity index (χ3v) is 4.42. The van der Waals surface area contributed by atoms with E-state index in [1.807, 2.05) is 0 Å². The number of piperidine rings is 1. The average Bonchev–Trinajstić information content (AvgIpc) is 2.40. The quantitative estimate of drug-likeness (QED) is 0.813. The molecule has 0 radical (unpaired) electrons. The van der Waals surface area contributed by atoms with E-state index in [2.05, 4.69) is 56.1 Å². The summed E-state index contributed by atoms with van der Waals surface area (Å²) in [5.41, 5.74) is 4.26. The maximum Gasteiger partial charge on any atom is 0.0414 e. The summed E-state index contributed by atoms with van der Waals surface area (Å²) in [6.45, 7) is 12.5. The zero-order valence-electron chi connectivity index (χ0n) is 13.6. The molecule has 2 unspecified atom stereocenters. The molecule has 0 bridgehead atoms. The summed E-state index contributed by atoms with van der Waals surface area (Å²) in [5.74, 6) is 0.869. The van der Waals surface area contributed by atoms with Gasteiger partial charge < -0.3 is 10.2 Å². The van der Waals surface area contributed by atoms with Crippen LogP contribution >= 0.6 is 0 Å². The van der Waals surface area contributed by atoms with Gasteiger partial charge in [-0.3, -0.25) is 0 Å². The lowest BCUT2D eigenvalue weighted by Gasteiger charge is -2.39. The van der Waals surface area contributed by atoms with Crippen molar-refractivity contribution in [3.8, 4) is 0 Å². The second kappa shape index (κ2) is 7.12. The van der Waals surface area contributed by atoms with Crippen LogP contribution < -0.4 is 10.2 Å². The minimum absolute atomic E-state index is 0.659. The topological polar surface area (TPSA) is 15.3 Å². The highest BCUT2D eigenvalue weighted by molar-refractivity contribution is 5.56. The summed E-state index contributed by atoms with van der Waals surface area (Å²) in [7, 11) is 0. The third-order valence-electron chi connectivity index (χ3n) is 4.42. The Balaban J connectivity index is 2.17. The van der Waals surface area contributed by atoms with Crippen molar-refractivity contribution in [2.45, 2.75) is 59.5 Å². The van der Waals surface area contributed by atoms with Crippen LogP contribution in [0.2, 0.25) is 0 Å². The second-order valence-electron chi connectivity index (χ2n) is 6.48. The lowest BCUT2D eigenvalue weighted by Crippen LogP contribution is -2.41. The zero-order valence-corrected chi connectivity index (χ0v) is 13.6. The number of benzene rings is 1. The standard InChI is InChI=1S/C18H30N2/c1-5-9-19-13-17-12-14(2)6-7-18(17)20-10-8-15(3)11-16(20)4/h6-7,12,15-16,19H,5,8-11,13H2,1-4H3. The SMILES string of the molecule is CCCNCc1cc(C)ccc1N1CCC(C)CC1C. The molecule has 0 spiro atoms. The minimum Gasteiger partial charge on any atom is -0.369 e. The highest BCUT2D eigenvalue weighted by atomic mass is 15.2. The van der Waals surface area contributed by atoms with Crippen LogP contribution in [0.5, 0.6) is 0 Å². The number of nitrogens with one attached hydrogen (secondary N) is 1. The molecule has 2 heteroatoms. The van der Waals surface area contributed by atoms with E-state index in [1.165, 1.54) is 42.6 Å². The molecule has 2 nitrogen and oxygen atoms in total. The van der Waals surface area contributed by atoms with Crippen molar-refractivity contribution in [3.05, 3.63) is 29.3 Å². The highest BCUT2D eigenvalue weighted by Crippen LogP contribution is 2.30. The molecule has 1 saturated heterocycles. The smallest absolute Gasteiger partial charge is 0.0414 e. The first-order chi connectivity index (χ1) is 9.61. The monoisotopic (exact) mass is 274 g/mol. The van der Waals surface area contributed by atoms with Gasteiger partial charge in [-0.2, -0.15) is 0 Å². The van der Waals surface area contributed by atoms with Crippen LogP contribution in [0.15, 0.2) is 18.2 Å². The Hall–Kier alpha value is -1.02. The molecule has 1 N–H and O–H groups in total. The van der Waals surface area contributed by atoms with E-state index in [0.717, 1.165) is 19.0 Å². The largest absolute Gasteiger partial charge is 0.369 e. The predicted octanol–water partition coefficient (Wildman–Crippen LogP) is 4.12. The van der Waals surface area contributed by atoms with Gasteiger partial charge in [0.1, 0.15) is 0 Å². The molecule has 20 heavy (non-hydrogen) atoms. The molecule has 0 saturated carbocycles. The third kappa shape index (κ3) is 3.76. The normalized spacial score (nSPS) is 23.1. The van der Waals surface area contributed by atoms with Crippen molar-refractivity contribution in [2.75, 3.05) is 18.0 Å². The van der Waals surface area contributed by atoms with Crippen molar-refractivity contribution < 1.29 is 0 Å². The molecular formula is C18H30N2. The molecule has 1 aromatic carbocycles. The van der Waals surface area contributed by atoms with Crippen LogP contribution in [0.3, 0.4) is 0 Å². The Kier molecular flexibility index (Phi) is 5.47. The predicted molar refractivity (Wildman–Crippen MR) is 88.4 cm³/mol. The maximum absolute atomic E-state index is 3.56. The maximum atomic E-state index is 3.56. The highest BCUT2D eigenvalue weighted by Gasteiger charge is 2.24. The Morgan fingerprint density at radius 3 is 2.80 bits per heavy atom.